The molecule has 0 aliphatic carbocycles. The van der Waals surface area contributed by atoms with Crippen molar-refractivity contribution < 1.29 is 4.42 Å². The first-order valence-corrected chi connectivity index (χ1v) is 26.4. The summed E-state index contributed by atoms with van der Waals surface area (Å²) in [7, 11) is 0. The van der Waals surface area contributed by atoms with E-state index in [0.29, 0.717) is 11.7 Å². The molecule has 0 amide bonds. The third kappa shape index (κ3) is 7.94. The highest BCUT2D eigenvalue weighted by Crippen LogP contribution is 2.59. The van der Waals surface area contributed by atoms with Crippen molar-refractivity contribution in [3.63, 3.8) is 0 Å². The zero-order chi connectivity index (χ0) is 51.1. The molecule has 0 aliphatic heterocycles. The molecule has 0 unspecified atom stereocenters. The Bertz CT molecular complexity index is 4190. The Morgan fingerprint density at radius 1 is 0.234 bits per heavy atom. The van der Waals surface area contributed by atoms with Crippen LogP contribution in [0, 0.1) is 0 Å². The van der Waals surface area contributed by atoms with Gasteiger partial charge in [0.25, 0.3) is 0 Å². The van der Waals surface area contributed by atoms with Gasteiger partial charge >= 0.3 is 0 Å². The fourth-order valence-electron chi connectivity index (χ4n) is 12.0. The molecule has 0 saturated carbocycles. The van der Waals surface area contributed by atoms with Crippen LogP contribution in [-0.4, -0.2) is 4.98 Å². The van der Waals surface area contributed by atoms with Crippen LogP contribution in [0.5, 0.6) is 0 Å². The topological polar surface area (TPSA) is 26.0 Å². The second-order valence-corrected chi connectivity index (χ2v) is 19.6. The van der Waals surface area contributed by atoms with Gasteiger partial charge in [-0.05, 0) is 117 Å². The zero-order valence-corrected chi connectivity index (χ0v) is 42.1. The molecule has 1 aromatic heterocycles. The van der Waals surface area contributed by atoms with Gasteiger partial charge < -0.3 is 4.42 Å². The summed E-state index contributed by atoms with van der Waals surface area (Å²) < 4.78 is 7.56. The van der Waals surface area contributed by atoms with E-state index in [0.717, 1.165) is 132 Å². The molecule has 360 valence electrons. The highest BCUT2D eigenvalue weighted by Gasteiger charge is 2.33. The van der Waals surface area contributed by atoms with Crippen molar-refractivity contribution in [2.75, 3.05) is 0 Å². The van der Waals surface area contributed by atoms with Crippen molar-refractivity contribution in [1.82, 2.24) is 4.98 Å². The summed E-state index contributed by atoms with van der Waals surface area (Å²) in [5.74, 6) is 1.23. The largest absolute Gasteiger partial charge is 0.436 e. The summed E-state index contributed by atoms with van der Waals surface area (Å²) in [6, 6.07) is 105. The van der Waals surface area contributed by atoms with Crippen molar-refractivity contribution in [2.45, 2.75) is 0 Å². The van der Waals surface area contributed by atoms with Gasteiger partial charge in [0.2, 0.25) is 5.89 Å². The summed E-state index contributed by atoms with van der Waals surface area (Å²) in [5, 5.41) is 6.52. The SMILES string of the molecule is c1ccc(-c2c(-c3ccccc3)c(-c3ccccc3)c3c(-c4ncc(-c5cccc6ccccc56)o4)c4c(-c5ccccc5)c(-c5ccccc5)c(-c5ccccc5)c(-c5ccccc5)c4cc3c2-c2ccccc2)cc1. The van der Waals surface area contributed by atoms with Gasteiger partial charge in [-0.15, -0.1) is 0 Å². The standard InChI is InChI=1S/C75H49NO/c1-9-29-51(30-10-1)64-61-48-62-65(52-31-11-2-12-32-52)67(54-35-15-4-16-36-54)69(56-39-19-6-20-40-56)71(58-43-23-8-24-44-58)73(62)74(75-76-49-63(77-75)60-47-27-45-50-28-25-26-46-59(50)60)72(61)70(57-41-21-7-22-42-57)68(55-37-17-5-18-38-55)66(64)53-33-13-3-14-34-53/h1-49H. The minimum absolute atomic E-state index is 0.536. The number of fused-ring (bicyclic) bond motifs is 3. The molecular weight excluding hydrogens is 931 g/mol. The van der Waals surface area contributed by atoms with Gasteiger partial charge in [-0.2, -0.15) is 0 Å². The number of oxazole rings is 1. The Balaban J connectivity index is 1.33. The summed E-state index contributed by atoms with van der Waals surface area (Å²) in [6.07, 6.45) is 1.94. The van der Waals surface area contributed by atoms with Crippen molar-refractivity contribution in [3.05, 3.63) is 297 Å². The van der Waals surface area contributed by atoms with Crippen LogP contribution >= 0.6 is 0 Å². The molecule has 2 heteroatoms. The van der Waals surface area contributed by atoms with Crippen molar-refractivity contribution in [1.29, 1.82) is 0 Å². The molecular formula is C75H49NO. The maximum atomic E-state index is 7.56. The molecule has 0 spiro atoms. The molecule has 0 bridgehead atoms. The first-order valence-electron chi connectivity index (χ1n) is 26.4. The van der Waals surface area contributed by atoms with Gasteiger partial charge in [-0.1, -0.05) is 285 Å². The Kier molecular flexibility index (Phi) is 11.6. The highest BCUT2D eigenvalue weighted by atomic mass is 16.4. The minimum Gasteiger partial charge on any atom is -0.436 e. The van der Waals surface area contributed by atoms with Gasteiger partial charge in [-0.25, -0.2) is 4.98 Å². The lowest BCUT2D eigenvalue weighted by molar-refractivity contribution is 0.591. The lowest BCUT2D eigenvalue weighted by Crippen LogP contribution is -2.02. The summed E-state index contributed by atoms with van der Waals surface area (Å²) in [5.41, 5.74) is 19.8. The van der Waals surface area contributed by atoms with E-state index in [1.807, 2.05) is 6.20 Å². The average Bonchev–Trinajstić information content (AvgIpc) is 4.17. The van der Waals surface area contributed by atoms with Crippen LogP contribution < -0.4 is 0 Å². The van der Waals surface area contributed by atoms with Gasteiger partial charge in [0, 0.05) is 16.3 Å². The lowest BCUT2D eigenvalue weighted by atomic mass is 9.73. The monoisotopic (exact) mass is 979 g/mol. The van der Waals surface area contributed by atoms with Crippen LogP contribution in [0.1, 0.15) is 0 Å². The number of hydrogen-bond acceptors (Lipinski definition) is 2. The quantitative estimate of drug-likeness (QED) is 0.128. The van der Waals surface area contributed by atoms with Gasteiger partial charge in [0.05, 0.1) is 11.8 Å². The van der Waals surface area contributed by atoms with Gasteiger partial charge in [0.15, 0.2) is 5.76 Å². The Hall–Kier alpha value is -10.2. The first-order chi connectivity index (χ1) is 38.3. The van der Waals surface area contributed by atoms with Crippen molar-refractivity contribution in [3.8, 4) is 112 Å². The van der Waals surface area contributed by atoms with E-state index in [1.165, 1.54) is 0 Å². The van der Waals surface area contributed by atoms with E-state index in [4.69, 9.17) is 9.40 Å². The summed E-state index contributed by atoms with van der Waals surface area (Å²) in [6.45, 7) is 0. The molecule has 13 aromatic carbocycles. The molecule has 0 N–H and O–H groups in total. The Morgan fingerprint density at radius 3 is 0.909 bits per heavy atom. The fraction of sp³-hybridized carbons (Fsp3) is 0. The third-order valence-corrected chi connectivity index (χ3v) is 15.1. The minimum atomic E-state index is 0.536. The molecule has 77 heavy (non-hydrogen) atoms. The van der Waals surface area contributed by atoms with E-state index >= 15 is 0 Å². The molecule has 2 nitrogen and oxygen atoms in total. The smallest absolute Gasteiger partial charge is 0.228 e. The second-order valence-electron chi connectivity index (χ2n) is 19.6. The molecule has 0 aliphatic rings. The third-order valence-electron chi connectivity index (χ3n) is 15.1. The normalized spacial score (nSPS) is 11.4. The van der Waals surface area contributed by atoms with Gasteiger partial charge in [-0.3, -0.25) is 0 Å². The second kappa shape index (κ2) is 19.6. The maximum absolute atomic E-state index is 7.56. The molecule has 14 rings (SSSR count). The summed E-state index contributed by atoms with van der Waals surface area (Å²) in [4.78, 5) is 5.54. The lowest BCUT2D eigenvalue weighted by Gasteiger charge is -2.29. The number of nitrogens with zero attached hydrogens (tertiary/aromatic N) is 1. The van der Waals surface area contributed by atoms with Gasteiger partial charge in [0.1, 0.15) is 0 Å². The Labute approximate surface area is 448 Å². The van der Waals surface area contributed by atoms with Crippen LogP contribution in [0.25, 0.3) is 144 Å². The van der Waals surface area contributed by atoms with Crippen LogP contribution in [0.15, 0.2) is 302 Å². The molecule has 0 radical (unpaired) electrons. The van der Waals surface area contributed by atoms with Crippen molar-refractivity contribution >= 4 is 32.3 Å². The number of rotatable bonds is 10. The molecule has 0 saturated heterocycles. The predicted molar refractivity (Wildman–Crippen MR) is 323 cm³/mol. The van der Waals surface area contributed by atoms with E-state index in [2.05, 4.69) is 291 Å². The van der Waals surface area contributed by atoms with Crippen LogP contribution in [0.3, 0.4) is 0 Å². The molecule has 0 atom stereocenters. The van der Waals surface area contributed by atoms with E-state index < -0.39 is 0 Å². The molecule has 14 aromatic rings. The Morgan fingerprint density at radius 2 is 0.532 bits per heavy atom. The van der Waals surface area contributed by atoms with Crippen LogP contribution in [0.4, 0.5) is 0 Å². The average molecular weight is 980 g/mol. The highest BCUT2D eigenvalue weighted by molar-refractivity contribution is 6.32. The van der Waals surface area contributed by atoms with E-state index in [1.54, 1.807) is 0 Å². The predicted octanol–water partition coefficient (Wildman–Crippen LogP) is 20.8. The zero-order valence-electron chi connectivity index (χ0n) is 42.1. The number of benzene rings is 13. The molecule has 1 heterocycles. The molecule has 0 fully saturated rings. The summed E-state index contributed by atoms with van der Waals surface area (Å²) >= 11 is 0. The van der Waals surface area contributed by atoms with E-state index in [-0.39, 0.29) is 0 Å². The maximum Gasteiger partial charge on any atom is 0.228 e. The van der Waals surface area contributed by atoms with Crippen LogP contribution in [0.2, 0.25) is 0 Å². The van der Waals surface area contributed by atoms with E-state index in [9.17, 15) is 0 Å². The van der Waals surface area contributed by atoms with Crippen molar-refractivity contribution in [2.24, 2.45) is 0 Å². The fourth-order valence-corrected chi connectivity index (χ4v) is 12.0. The first kappa shape index (κ1) is 45.5. The number of hydrogen-bond donors (Lipinski definition) is 0. The number of aromatic nitrogens is 1. The van der Waals surface area contributed by atoms with Crippen LogP contribution in [-0.2, 0) is 0 Å².